The lowest BCUT2D eigenvalue weighted by Crippen LogP contribution is -2.43. The molecule has 1 atom stereocenters. The van der Waals surface area contributed by atoms with Crippen molar-refractivity contribution in [2.24, 2.45) is 5.92 Å². The van der Waals surface area contributed by atoms with E-state index in [9.17, 15) is 9.59 Å². The molecule has 2 amide bonds. The first-order valence-electron chi connectivity index (χ1n) is 11.2. The molecule has 0 unspecified atom stereocenters. The molecule has 6 heteroatoms. The zero-order valence-corrected chi connectivity index (χ0v) is 17.9. The molecule has 0 spiro atoms. The van der Waals surface area contributed by atoms with Crippen LogP contribution in [0.25, 0.3) is 0 Å². The van der Waals surface area contributed by atoms with E-state index >= 15 is 0 Å². The molecule has 2 saturated heterocycles. The number of likely N-dealkylation sites (tertiary alicyclic amines) is 2. The highest BCUT2D eigenvalue weighted by atomic mass is 16.5. The summed E-state index contributed by atoms with van der Waals surface area (Å²) in [7, 11) is 0. The van der Waals surface area contributed by atoms with Crippen molar-refractivity contribution < 1.29 is 19.1 Å². The third-order valence-corrected chi connectivity index (χ3v) is 5.96. The SMILES string of the molecule is O=C(COc1ccccc1)N1CCC[C@@H](COc2ccc(C(=O)N3CCCC3)cc2)C1. The number of piperidine rings is 1. The maximum Gasteiger partial charge on any atom is 0.260 e. The van der Waals surface area contributed by atoms with Crippen LogP contribution in [-0.4, -0.2) is 61.0 Å². The Morgan fingerprint density at radius 1 is 0.806 bits per heavy atom. The first-order chi connectivity index (χ1) is 15.2. The molecule has 0 saturated carbocycles. The first kappa shape index (κ1) is 21.2. The molecule has 2 heterocycles. The molecule has 0 radical (unpaired) electrons. The molecule has 2 aromatic rings. The van der Waals surface area contributed by atoms with Crippen molar-refractivity contribution >= 4 is 11.8 Å². The summed E-state index contributed by atoms with van der Waals surface area (Å²) in [6.45, 7) is 3.77. The van der Waals surface area contributed by atoms with Crippen LogP contribution in [0, 0.1) is 5.92 Å². The van der Waals surface area contributed by atoms with Gasteiger partial charge in [0.25, 0.3) is 11.8 Å². The van der Waals surface area contributed by atoms with Crippen LogP contribution in [0.5, 0.6) is 11.5 Å². The predicted molar refractivity (Wildman–Crippen MR) is 118 cm³/mol. The van der Waals surface area contributed by atoms with Gasteiger partial charge in [-0.2, -0.15) is 0 Å². The number of rotatable bonds is 7. The van der Waals surface area contributed by atoms with Gasteiger partial charge in [-0.1, -0.05) is 18.2 Å². The maximum absolute atomic E-state index is 12.5. The van der Waals surface area contributed by atoms with E-state index < -0.39 is 0 Å². The van der Waals surface area contributed by atoms with E-state index in [1.165, 1.54) is 0 Å². The van der Waals surface area contributed by atoms with Gasteiger partial charge in [0.15, 0.2) is 6.61 Å². The molecule has 2 aliphatic heterocycles. The van der Waals surface area contributed by atoms with Gasteiger partial charge < -0.3 is 19.3 Å². The van der Waals surface area contributed by atoms with Crippen LogP contribution in [0.15, 0.2) is 54.6 Å². The van der Waals surface area contributed by atoms with Gasteiger partial charge in [-0.3, -0.25) is 9.59 Å². The van der Waals surface area contributed by atoms with Gasteiger partial charge in [0.2, 0.25) is 0 Å². The van der Waals surface area contributed by atoms with E-state index in [-0.39, 0.29) is 18.4 Å². The molecule has 0 aromatic heterocycles. The van der Waals surface area contributed by atoms with Crippen LogP contribution >= 0.6 is 0 Å². The minimum Gasteiger partial charge on any atom is -0.493 e. The molecule has 0 N–H and O–H groups in total. The molecule has 0 aliphatic carbocycles. The number of amides is 2. The fourth-order valence-electron chi connectivity index (χ4n) is 4.19. The summed E-state index contributed by atoms with van der Waals surface area (Å²) in [5.74, 6) is 1.87. The van der Waals surface area contributed by atoms with Crippen molar-refractivity contribution in [2.75, 3.05) is 39.4 Å². The van der Waals surface area contributed by atoms with Gasteiger partial charge in [0, 0.05) is 37.7 Å². The minimum absolute atomic E-state index is 0.0123. The number of nitrogens with zero attached hydrogens (tertiary/aromatic N) is 2. The van der Waals surface area contributed by atoms with Crippen molar-refractivity contribution in [3.8, 4) is 11.5 Å². The van der Waals surface area contributed by atoms with Crippen LogP contribution in [-0.2, 0) is 4.79 Å². The molecule has 2 aliphatic rings. The van der Waals surface area contributed by atoms with Crippen LogP contribution < -0.4 is 9.47 Å². The Kier molecular flexibility index (Phi) is 7.07. The van der Waals surface area contributed by atoms with Crippen LogP contribution in [0.2, 0.25) is 0 Å². The predicted octanol–water partition coefficient (Wildman–Crippen LogP) is 3.62. The second kappa shape index (κ2) is 10.3. The fraction of sp³-hybridized carbons (Fsp3) is 0.440. The fourth-order valence-corrected chi connectivity index (χ4v) is 4.19. The third kappa shape index (κ3) is 5.78. The number of para-hydroxylation sites is 1. The van der Waals surface area contributed by atoms with Gasteiger partial charge in [0.1, 0.15) is 11.5 Å². The lowest BCUT2D eigenvalue weighted by atomic mass is 9.99. The highest BCUT2D eigenvalue weighted by molar-refractivity contribution is 5.94. The van der Waals surface area contributed by atoms with Crippen LogP contribution in [0.3, 0.4) is 0 Å². The molecule has 2 aromatic carbocycles. The second-order valence-electron chi connectivity index (χ2n) is 8.28. The summed E-state index contributed by atoms with van der Waals surface area (Å²) < 4.78 is 11.6. The van der Waals surface area contributed by atoms with Gasteiger partial charge in [-0.05, 0) is 62.1 Å². The Balaban J connectivity index is 1.23. The van der Waals surface area contributed by atoms with Crippen molar-refractivity contribution in [1.82, 2.24) is 9.80 Å². The Hall–Kier alpha value is -3.02. The second-order valence-corrected chi connectivity index (χ2v) is 8.28. The number of benzene rings is 2. The topological polar surface area (TPSA) is 59.1 Å². The zero-order valence-electron chi connectivity index (χ0n) is 17.9. The molecule has 0 bridgehead atoms. The van der Waals surface area contributed by atoms with Gasteiger partial charge >= 0.3 is 0 Å². The van der Waals surface area contributed by atoms with Crippen molar-refractivity contribution in [3.63, 3.8) is 0 Å². The Morgan fingerprint density at radius 2 is 1.48 bits per heavy atom. The number of carbonyl (C=O) groups is 2. The summed E-state index contributed by atoms with van der Waals surface area (Å²) in [6.07, 6.45) is 4.18. The highest BCUT2D eigenvalue weighted by Crippen LogP contribution is 2.21. The standard InChI is InChI=1S/C25H30N2O4/c28-24(19-31-22-8-2-1-3-9-22)27-16-6-7-20(17-27)18-30-23-12-10-21(11-13-23)25(29)26-14-4-5-15-26/h1-3,8-13,20H,4-7,14-19H2/t20-/m1/s1. The zero-order chi connectivity index (χ0) is 21.5. The van der Waals surface area contributed by atoms with E-state index in [4.69, 9.17) is 9.47 Å². The van der Waals surface area contributed by atoms with Crippen molar-refractivity contribution in [1.29, 1.82) is 0 Å². The van der Waals surface area contributed by atoms with Crippen LogP contribution in [0.1, 0.15) is 36.0 Å². The molecule has 6 nitrogen and oxygen atoms in total. The quantitative estimate of drug-likeness (QED) is 0.684. The normalized spacial score (nSPS) is 18.6. The summed E-state index contributed by atoms with van der Waals surface area (Å²) in [5.41, 5.74) is 0.710. The Labute approximate surface area is 183 Å². The lowest BCUT2D eigenvalue weighted by molar-refractivity contribution is -0.135. The molecule has 31 heavy (non-hydrogen) atoms. The third-order valence-electron chi connectivity index (χ3n) is 5.96. The van der Waals surface area contributed by atoms with Gasteiger partial charge in [-0.15, -0.1) is 0 Å². The minimum atomic E-state index is 0.0123. The smallest absolute Gasteiger partial charge is 0.260 e. The summed E-state index contributed by atoms with van der Waals surface area (Å²) in [6, 6.07) is 16.8. The van der Waals surface area contributed by atoms with Crippen molar-refractivity contribution in [2.45, 2.75) is 25.7 Å². The first-order valence-corrected chi connectivity index (χ1v) is 11.2. The molecular formula is C25H30N2O4. The number of hydrogen-bond donors (Lipinski definition) is 0. The van der Waals surface area contributed by atoms with E-state index in [1.807, 2.05) is 64.4 Å². The number of hydrogen-bond acceptors (Lipinski definition) is 4. The number of ether oxygens (including phenoxy) is 2. The van der Waals surface area contributed by atoms with Gasteiger partial charge in [-0.25, -0.2) is 0 Å². The molecule has 2 fully saturated rings. The molecule has 164 valence electrons. The molecular weight excluding hydrogens is 392 g/mol. The van der Waals surface area contributed by atoms with E-state index in [0.29, 0.717) is 30.4 Å². The average molecular weight is 423 g/mol. The maximum atomic E-state index is 12.5. The highest BCUT2D eigenvalue weighted by Gasteiger charge is 2.24. The average Bonchev–Trinajstić information content (AvgIpc) is 3.37. The number of carbonyl (C=O) groups excluding carboxylic acids is 2. The van der Waals surface area contributed by atoms with Crippen LogP contribution in [0.4, 0.5) is 0 Å². The van der Waals surface area contributed by atoms with E-state index in [2.05, 4.69) is 0 Å². The Morgan fingerprint density at radius 3 is 2.23 bits per heavy atom. The Bertz CT molecular complexity index is 863. The summed E-state index contributed by atoms with van der Waals surface area (Å²) in [5, 5.41) is 0. The monoisotopic (exact) mass is 422 g/mol. The largest absolute Gasteiger partial charge is 0.493 e. The van der Waals surface area contributed by atoms with E-state index in [1.54, 1.807) is 0 Å². The summed E-state index contributed by atoms with van der Waals surface area (Å²) in [4.78, 5) is 28.8. The molecule has 4 rings (SSSR count). The van der Waals surface area contributed by atoms with Crippen molar-refractivity contribution in [3.05, 3.63) is 60.2 Å². The van der Waals surface area contributed by atoms with E-state index in [0.717, 1.165) is 51.1 Å². The lowest BCUT2D eigenvalue weighted by Gasteiger charge is -2.32. The summed E-state index contributed by atoms with van der Waals surface area (Å²) >= 11 is 0. The van der Waals surface area contributed by atoms with Gasteiger partial charge in [0.05, 0.1) is 6.61 Å².